The number of aromatic nitrogens is 2. The molecule has 21 heavy (non-hydrogen) atoms. The van der Waals surface area contributed by atoms with Crippen molar-refractivity contribution in [2.24, 2.45) is 0 Å². The summed E-state index contributed by atoms with van der Waals surface area (Å²) in [5, 5.41) is 10.1. The molecule has 0 spiro atoms. The lowest BCUT2D eigenvalue weighted by molar-refractivity contribution is 0.0953. The first-order chi connectivity index (χ1) is 10.2. The van der Waals surface area contributed by atoms with Gasteiger partial charge in [-0.25, -0.2) is 5.10 Å². The zero-order valence-electron chi connectivity index (χ0n) is 11.3. The van der Waals surface area contributed by atoms with Gasteiger partial charge in [0, 0.05) is 22.9 Å². The molecule has 5 nitrogen and oxygen atoms in total. The van der Waals surface area contributed by atoms with Crippen LogP contribution < -0.4 is 5.32 Å². The fraction of sp³-hybridized carbons (Fsp3) is 0.357. The first kappa shape index (κ1) is 14.3. The summed E-state index contributed by atoms with van der Waals surface area (Å²) in [4.78, 5) is 12.3. The predicted molar refractivity (Wildman–Crippen MR) is 84.9 cm³/mol. The average Bonchev–Trinajstić information content (AvgIpc) is 3.16. The highest BCUT2D eigenvalue weighted by Crippen LogP contribution is 2.25. The smallest absolute Gasteiger partial charge is 0.284 e. The first-order valence-electron chi connectivity index (χ1n) is 6.78. The molecular weight excluding hydrogens is 306 g/mol. The van der Waals surface area contributed by atoms with Crippen LogP contribution in [0.15, 0.2) is 28.7 Å². The fourth-order valence-corrected chi connectivity index (χ4v) is 3.56. The van der Waals surface area contributed by atoms with E-state index in [0.29, 0.717) is 16.7 Å². The number of hydrogen-bond acceptors (Lipinski definition) is 5. The SMILES string of the molecule is O=C(NCC1CCCS1)c1ccc(-c2n[nH]c(=S)o2)cc1. The molecule has 0 bridgehead atoms. The average molecular weight is 321 g/mol. The molecular formula is C14H15N3O2S2. The largest absolute Gasteiger partial charge is 0.409 e. The van der Waals surface area contributed by atoms with Crippen LogP contribution in [0.3, 0.4) is 0 Å². The van der Waals surface area contributed by atoms with E-state index in [1.165, 1.54) is 18.6 Å². The van der Waals surface area contributed by atoms with Crippen molar-refractivity contribution >= 4 is 29.9 Å². The normalized spacial score (nSPS) is 17.8. The van der Waals surface area contributed by atoms with Crippen LogP contribution in [0.1, 0.15) is 23.2 Å². The van der Waals surface area contributed by atoms with Gasteiger partial charge in [0.2, 0.25) is 5.89 Å². The lowest BCUT2D eigenvalue weighted by Crippen LogP contribution is -2.29. The number of aromatic amines is 1. The molecule has 1 amide bonds. The monoisotopic (exact) mass is 321 g/mol. The number of carbonyl (C=O) groups excluding carboxylic acids is 1. The molecule has 2 heterocycles. The van der Waals surface area contributed by atoms with Crippen LogP contribution in [-0.2, 0) is 0 Å². The molecule has 0 aliphatic carbocycles. The van der Waals surface area contributed by atoms with Gasteiger partial charge >= 0.3 is 0 Å². The second-order valence-corrected chi connectivity index (χ2v) is 6.62. The number of rotatable bonds is 4. The maximum absolute atomic E-state index is 12.1. The zero-order chi connectivity index (χ0) is 14.7. The summed E-state index contributed by atoms with van der Waals surface area (Å²) in [6, 6.07) is 7.13. The summed E-state index contributed by atoms with van der Waals surface area (Å²) in [6.07, 6.45) is 2.44. The maximum atomic E-state index is 12.1. The third kappa shape index (κ3) is 3.54. The van der Waals surface area contributed by atoms with Crippen LogP contribution >= 0.6 is 24.0 Å². The Kier molecular flexibility index (Phi) is 4.40. The molecule has 1 aliphatic rings. The number of H-pyrrole nitrogens is 1. The Morgan fingerprint density at radius 3 is 2.90 bits per heavy atom. The summed E-state index contributed by atoms with van der Waals surface area (Å²) in [5.74, 6) is 1.58. The van der Waals surface area contributed by atoms with Crippen molar-refractivity contribution in [3.63, 3.8) is 0 Å². The topological polar surface area (TPSA) is 70.9 Å². The highest BCUT2D eigenvalue weighted by molar-refractivity contribution is 8.00. The van der Waals surface area contributed by atoms with Crippen LogP contribution in [0.25, 0.3) is 11.5 Å². The molecule has 1 aromatic heterocycles. The van der Waals surface area contributed by atoms with Gasteiger partial charge in [0.25, 0.3) is 10.7 Å². The summed E-state index contributed by atoms with van der Waals surface area (Å²) < 4.78 is 5.23. The molecule has 1 aromatic carbocycles. The van der Waals surface area contributed by atoms with Crippen LogP contribution in [0.5, 0.6) is 0 Å². The number of amides is 1. The number of benzene rings is 1. The molecule has 1 fully saturated rings. The minimum absolute atomic E-state index is 0.0445. The van der Waals surface area contributed by atoms with Crippen molar-refractivity contribution in [3.8, 4) is 11.5 Å². The van der Waals surface area contributed by atoms with Crippen molar-refractivity contribution in [3.05, 3.63) is 34.7 Å². The van der Waals surface area contributed by atoms with Gasteiger partial charge in [0.15, 0.2) is 0 Å². The van der Waals surface area contributed by atoms with Crippen molar-refractivity contribution < 1.29 is 9.21 Å². The van der Waals surface area contributed by atoms with Crippen molar-refractivity contribution in [1.82, 2.24) is 15.5 Å². The van der Waals surface area contributed by atoms with E-state index in [1.807, 2.05) is 11.8 Å². The van der Waals surface area contributed by atoms with Gasteiger partial charge in [0.1, 0.15) is 0 Å². The second kappa shape index (κ2) is 6.44. The van der Waals surface area contributed by atoms with Crippen LogP contribution in [0.4, 0.5) is 0 Å². The molecule has 0 radical (unpaired) electrons. The maximum Gasteiger partial charge on any atom is 0.284 e. The zero-order valence-corrected chi connectivity index (χ0v) is 12.9. The van der Waals surface area contributed by atoms with Gasteiger partial charge < -0.3 is 9.73 Å². The van der Waals surface area contributed by atoms with Gasteiger partial charge in [-0.2, -0.15) is 11.8 Å². The summed E-state index contributed by atoms with van der Waals surface area (Å²) in [7, 11) is 0. The van der Waals surface area contributed by atoms with Crippen LogP contribution in [-0.4, -0.2) is 33.7 Å². The van der Waals surface area contributed by atoms with E-state index in [-0.39, 0.29) is 10.7 Å². The van der Waals surface area contributed by atoms with Gasteiger partial charge in [-0.1, -0.05) is 0 Å². The molecule has 1 unspecified atom stereocenters. The van der Waals surface area contributed by atoms with Gasteiger partial charge in [0.05, 0.1) is 0 Å². The highest BCUT2D eigenvalue weighted by Gasteiger charge is 2.16. The second-order valence-electron chi connectivity index (χ2n) is 4.84. The molecule has 2 aromatic rings. The number of nitrogens with zero attached hydrogens (tertiary/aromatic N) is 1. The Balaban J connectivity index is 1.63. The summed E-state index contributed by atoms with van der Waals surface area (Å²) >= 11 is 6.77. The van der Waals surface area contributed by atoms with E-state index < -0.39 is 0 Å². The summed E-state index contributed by atoms with van der Waals surface area (Å²) in [6.45, 7) is 0.735. The Bertz CT molecular complexity index is 672. The minimum Gasteiger partial charge on any atom is -0.409 e. The molecule has 7 heteroatoms. The molecule has 0 saturated carbocycles. The molecule has 1 atom stereocenters. The van der Waals surface area contributed by atoms with Crippen molar-refractivity contribution in [2.75, 3.05) is 12.3 Å². The third-order valence-electron chi connectivity index (χ3n) is 3.35. The minimum atomic E-state index is -0.0445. The standard InChI is InChI=1S/C14H15N3O2S2/c18-12(15-8-11-2-1-7-21-11)9-3-5-10(6-4-9)13-16-17-14(20)19-13/h3-6,11H,1-2,7-8H2,(H,15,18)(H,17,20). The van der Waals surface area contributed by atoms with Gasteiger partial charge in [-0.3, -0.25) is 4.79 Å². The van der Waals surface area contributed by atoms with Gasteiger partial charge in [-0.05, 0) is 55.1 Å². The predicted octanol–water partition coefficient (Wildman–Crippen LogP) is 3.02. The molecule has 3 rings (SSSR count). The molecule has 110 valence electrons. The molecule has 2 N–H and O–H groups in total. The van der Waals surface area contributed by atoms with E-state index >= 15 is 0 Å². The quantitative estimate of drug-likeness (QED) is 0.847. The van der Waals surface area contributed by atoms with E-state index in [1.54, 1.807) is 24.3 Å². The number of thioether (sulfide) groups is 1. The third-order valence-corrected chi connectivity index (χ3v) is 4.92. The Hall–Kier alpha value is -1.60. The van der Waals surface area contributed by atoms with Crippen molar-refractivity contribution in [1.29, 1.82) is 0 Å². The highest BCUT2D eigenvalue weighted by atomic mass is 32.2. The Morgan fingerprint density at radius 1 is 1.48 bits per heavy atom. The lowest BCUT2D eigenvalue weighted by Gasteiger charge is -2.10. The number of carbonyl (C=O) groups is 1. The molecule has 1 aliphatic heterocycles. The lowest BCUT2D eigenvalue weighted by atomic mass is 10.1. The van der Waals surface area contributed by atoms with E-state index in [4.69, 9.17) is 16.6 Å². The van der Waals surface area contributed by atoms with Crippen molar-refractivity contribution in [2.45, 2.75) is 18.1 Å². The van der Waals surface area contributed by atoms with Crippen LogP contribution in [0.2, 0.25) is 0 Å². The van der Waals surface area contributed by atoms with E-state index in [9.17, 15) is 4.79 Å². The number of hydrogen-bond donors (Lipinski definition) is 2. The van der Waals surface area contributed by atoms with Gasteiger partial charge in [-0.15, -0.1) is 5.10 Å². The Morgan fingerprint density at radius 2 is 2.29 bits per heavy atom. The van der Waals surface area contributed by atoms with E-state index in [0.717, 1.165) is 12.1 Å². The molecule has 1 saturated heterocycles. The van der Waals surface area contributed by atoms with Crippen LogP contribution in [0, 0.1) is 4.84 Å². The Labute approximate surface area is 131 Å². The number of nitrogens with one attached hydrogen (secondary N) is 2. The van der Waals surface area contributed by atoms with E-state index in [2.05, 4.69) is 15.5 Å². The first-order valence-corrected chi connectivity index (χ1v) is 8.24. The summed E-state index contributed by atoms with van der Waals surface area (Å²) in [5.41, 5.74) is 1.42. The fourth-order valence-electron chi connectivity index (χ4n) is 2.23.